The minimum Gasteiger partial charge on any atom is -0.370 e. The lowest BCUT2D eigenvalue weighted by Gasteiger charge is -2.21. The minimum absolute atomic E-state index is 0. The number of nitrogens with zero attached hydrogens (tertiary/aromatic N) is 4. The van der Waals surface area contributed by atoms with Crippen molar-refractivity contribution in [1.29, 1.82) is 0 Å². The third-order valence-electron chi connectivity index (χ3n) is 4.27. The van der Waals surface area contributed by atoms with E-state index in [9.17, 15) is 0 Å². The number of likely N-dealkylation sites (tertiary alicyclic amines) is 1. The highest BCUT2D eigenvalue weighted by atomic mass is 127. The second-order valence-corrected chi connectivity index (χ2v) is 6.11. The van der Waals surface area contributed by atoms with Gasteiger partial charge in [0.25, 0.3) is 0 Å². The summed E-state index contributed by atoms with van der Waals surface area (Å²) in [6.07, 6.45) is 12.3. The van der Waals surface area contributed by atoms with E-state index in [0.29, 0.717) is 18.4 Å². The molecular weight excluding hydrogens is 389 g/mol. The third-order valence-corrected chi connectivity index (χ3v) is 4.27. The van der Waals surface area contributed by atoms with Crippen LogP contribution in [0.15, 0.2) is 17.4 Å². The first kappa shape index (κ1) is 17.4. The standard InChI is InChI=1S/C16H25N5.HI/c17-16(21-9-3-1-2-4-10-21)18-8-7-13-11-19-15(20-12-13)14-5-6-14;/h11-12,14H,1-10H2,(H2,17,18);1H. The predicted molar refractivity (Wildman–Crippen MR) is 99.7 cm³/mol. The zero-order valence-electron chi connectivity index (χ0n) is 13.1. The third kappa shape index (κ3) is 5.07. The van der Waals surface area contributed by atoms with Gasteiger partial charge in [-0.05, 0) is 37.7 Å². The molecule has 22 heavy (non-hydrogen) atoms. The lowest BCUT2D eigenvalue weighted by Crippen LogP contribution is -2.38. The number of hydrogen-bond acceptors (Lipinski definition) is 3. The number of aliphatic imine (C=N–C) groups is 1. The molecule has 6 heteroatoms. The second kappa shape index (κ2) is 8.64. The minimum atomic E-state index is 0. The summed E-state index contributed by atoms with van der Waals surface area (Å²) in [5.41, 5.74) is 7.24. The topological polar surface area (TPSA) is 67.4 Å². The van der Waals surface area contributed by atoms with Crippen molar-refractivity contribution in [2.75, 3.05) is 19.6 Å². The van der Waals surface area contributed by atoms with Crippen molar-refractivity contribution in [2.45, 2.75) is 50.9 Å². The number of guanidine groups is 1. The zero-order valence-corrected chi connectivity index (χ0v) is 15.4. The van der Waals surface area contributed by atoms with Gasteiger partial charge in [-0.2, -0.15) is 0 Å². The molecule has 2 N–H and O–H groups in total. The number of rotatable bonds is 4. The van der Waals surface area contributed by atoms with Gasteiger partial charge < -0.3 is 10.6 Å². The summed E-state index contributed by atoms with van der Waals surface area (Å²) in [4.78, 5) is 15.6. The van der Waals surface area contributed by atoms with E-state index >= 15 is 0 Å². The number of nitrogens with two attached hydrogens (primary N) is 1. The van der Waals surface area contributed by atoms with Crippen LogP contribution in [0.25, 0.3) is 0 Å². The maximum atomic E-state index is 6.10. The average Bonchev–Trinajstić information content (AvgIpc) is 3.34. The molecule has 0 amide bonds. The van der Waals surface area contributed by atoms with Gasteiger partial charge in [-0.15, -0.1) is 24.0 Å². The molecule has 1 aliphatic carbocycles. The molecule has 3 rings (SSSR count). The summed E-state index contributed by atoms with van der Waals surface area (Å²) in [5.74, 6) is 2.33. The van der Waals surface area contributed by atoms with Crippen LogP contribution in [0.1, 0.15) is 55.8 Å². The Bertz CT molecular complexity index is 476. The molecule has 0 spiro atoms. The molecule has 2 heterocycles. The van der Waals surface area contributed by atoms with E-state index in [2.05, 4.69) is 19.9 Å². The van der Waals surface area contributed by atoms with Crippen LogP contribution in [0.3, 0.4) is 0 Å². The van der Waals surface area contributed by atoms with Crippen molar-refractivity contribution >= 4 is 29.9 Å². The SMILES string of the molecule is I.NC(=NCCc1cnc(C2CC2)nc1)N1CCCCCC1. The van der Waals surface area contributed by atoms with Crippen LogP contribution in [0.4, 0.5) is 0 Å². The van der Waals surface area contributed by atoms with Gasteiger partial charge in [0.05, 0.1) is 0 Å². The van der Waals surface area contributed by atoms with E-state index in [1.54, 1.807) is 0 Å². The van der Waals surface area contributed by atoms with Crippen molar-refractivity contribution in [3.63, 3.8) is 0 Å². The molecule has 2 aliphatic rings. The van der Waals surface area contributed by atoms with Crippen LogP contribution in [-0.2, 0) is 6.42 Å². The summed E-state index contributed by atoms with van der Waals surface area (Å²) in [5, 5.41) is 0. The average molecular weight is 415 g/mol. The predicted octanol–water partition coefficient (Wildman–Crippen LogP) is 2.71. The van der Waals surface area contributed by atoms with E-state index in [1.165, 1.54) is 38.5 Å². The first-order valence-corrected chi connectivity index (χ1v) is 8.18. The molecule has 0 atom stereocenters. The van der Waals surface area contributed by atoms with E-state index in [1.807, 2.05) is 12.4 Å². The zero-order chi connectivity index (χ0) is 14.5. The van der Waals surface area contributed by atoms with Crippen molar-refractivity contribution in [3.8, 4) is 0 Å². The first-order chi connectivity index (χ1) is 10.3. The quantitative estimate of drug-likeness (QED) is 0.467. The Morgan fingerprint density at radius 1 is 1.14 bits per heavy atom. The Labute approximate surface area is 149 Å². The molecule has 0 aromatic carbocycles. The number of aromatic nitrogens is 2. The maximum Gasteiger partial charge on any atom is 0.191 e. The van der Waals surface area contributed by atoms with Crippen molar-refractivity contribution < 1.29 is 0 Å². The normalized spacial score (nSPS) is 19.5. The highest BCUT2D eigenvalue weighted by molar-refractivity contribution is 14.0. The Kier molecular flexibility index (Phi) is 6.85. The van der Waals surface area contributed by atoms with E-state index in [0.717, 1.165) is 30.9 Å². The van der Waals surface area contributed by atoms with Crippen LogP contribution < -0.4 is 5.73 Å². The molecule has 5 nitrogen and oxygen atoms in total. The van der Waals surface area contributed by atoms with Crippen LogP contribution in [0.2, 0.25) is 0 Å². The van der Waals surface area contributed by atoms with Gasteiger partial charge in [-0.25, -0.2) is 9.97 Å². The van der Waals surface area contributed by atoms with Crippen molar-refractivity contribution in [3.05, 3.63) is 23.8 Å². The fourth-order valence-electron chi connectivity index (χ4n) is 2.75. The Hall–Kier alpha value is -0.920. The Morgan fingerprint density at radius 3 is 2.36 bits per heavy atom. The fourth-order valence-corrected chi connectivity index (χ4v) is 2.75. The van der Waals surface area contributed by atoms with Gasteiger partial charge in [0.2, 0.25) is 0 Å². The summed E-state index contributed by atoms with van der Waals surface area (Å²) in [6.45, 7) is 2.82. The summed E-state index contributed by atoms with van der Waals surface area (Å²) in [7, 11) is 0. The van der Waals surface area contributed by atoms with Crippen molar-refractivity contribution in [1.82, 2.24) is 14.9 Å². The molecule has 1 aromatic heterocycles. The summed E-state index contributed by atoms with van der Waals surface area (Å²) < 4.78 is 0. The van der Waals surface area contributed by atoms with Gasteiger partial charge in [0, 0.05) is 37.9 Å². The molecule has 1 saturated heterocycles. The van der Waals surface area contributed by atoms with Crippen LogP contribution in [0, 0.1) is 0 Å². The smallest absolute Gasteiger partial charge is 0.191 e. The van der Waals surface area contributed by atoms with Gasteiger partial charge in [0.15, 0.2) is 5.96 Å². The van der Waals surface area contributed by atoms with Crippen molar-refractivity contribution in [2.24, 2.45) is 10.7 Å². The molecule has 1 saturated carbocycles. The lowest BCUT2D eigenvalue weighted by atomic mass is 10.2. The van der Waals surface area contributed by atoms with E-state index < -0.39 is 0 Å². The van der Waals surface area contributed by atoms with Crippen LogP contribution in [-0.4, -0.2) is 40.5 Å². The van der Waals surface area contributed by atoms with Crippen LogP contribution in [0.5, 0.6) is 0 Å². The van der Waals surface area contributed by atoms with Gasteiger partial charge in [0.1, 0.15) is 5.82 Å². The lowest BCUT2D eigenvalue weighted by molar-refractivity contribution is 0.428. The molecule has 2 fully saturated rings. The Balaban J connectivity index is 0.00000176. The highest BCUT2D eigenvalue weighted by Crippen LogP contribution is 2.37. The Morgan fingerprint density at radius 2 is 1.77 bits per heavy atom. The number of halogens is 1. The van der Waals surface area contributed by atoms with E-state index in [4.69, 9.17) is 5.73 Å². The fraction of sp³-hybridized carbons (Fsp3) is 0.688. The highest BCUT2D eigenvalue weighted by Gasteiger charge is 2.25. The summed E-state index contributed by atoms with van der Waals surface area (Å²) in [6, 6.07) is 0. The van der Waals surface area contributed by atoms with Gasteiger partial charge >= 0.3 is 0 Å². The molecule has 0 unspecified atom stereocenters. The first-order valence-electron chi connectivity index (χ1n) is 8.18. The molecule has 0 radical (unpaired) electrons. The molecule has 122 valence electrons. The second-order valence-electron chi connectivity index (χ2n) is 6.11. The number of hydrogen-bond donors (Lipinski definition) is 1. The molecular formula is C16H26IN5. The molecule has 1 aromatic rings. The van der Waals surface area contributed by atoms with Gasteiger partial charge in [-0.1, -0.05) is 12.8 Å². The molecule has 0 bridgehead atoms. The maximum absolute atomic E-state index is 6.10. The van der Waals surface area contributed by atoms with Crippen LogP contribution >= 0.6 is 24.0 Å². The van der Waals surface area contributed by atoms with Gasteiger partial charge in [-0.3, -0.25) is 4.99 Å². The molecule has 1 aliphatic heterocycles. The summed E-state index contributed by atoms with van der Waals surface area (Å²) >= 11 is 0. The monoisotopic (exact) mass is 415 g/mol. The largest absolute Gasteiger partial charge is 0.370 e. The van der Waals surface area contributed by atoms with E-state index in [-0.39, 0.29) is 24.0 Å².